The fourth-order valence-corrected chi connectivity index (χ4v) is 11.9. The molecule has 0 fully saturated rings. The van der Waals surface area contributed by atoms with E-state index < -0.39 is 10.8 Å². The first-order valence-electron chi connectivity index (χ1n) is 24.0. The minimum Gasteiger partial charge on any atom is -0.310 e. The topological polar surface area (TPSA) is 3.24 Å². The van der Waals surface area contributed by atoms with Gasteiger partial charge in [-0.1, -0.05) is 243 Å². The van der Waals surface area contributed by atoms with Gasteiger partial charge in [0.1, 0.15) is 0 Å². The summed E-state index contributed by atoms with van der Waals surface area (Å²) >= 11 is 0. The third-order valence-corrected chi connectivity index (χ3v) is 14.9. The lowest BCUT2D eigenvalue weighted by Gasteiger charge is -2.34. The van der Waals surface area contributed by atoms with Gasteiger partial charge in [0.25, 0.3) is 0 Å². The normalized spacial score (nSPS) is 13.4. The number of fused-ring (bicyclic) bond motifs is 6. The minimum absolute atomic E-state index is 0.460. The molecule has 11 aromatic rings. The lowest BCUT2D eigenvalue weighted by molar-refractivity contribution is 0.768. The van der Waals surface area contributed by atoms with Crippen LogP contribution >= 0.6 is 0 Å². The third-order valence-electron chi connectivity index (χ3n) is 14.9. The van der Waals surface area contributed by atoms with E-state index in [1.54, 1.807) is 0 Å². The molecule has 0 saturated heterocycles. The summed E-state index contributed by atoms with van der Waals surface area (Å²) in [5.41, 5.74) is 22.5. The number of nitrogens with zero attached hydrogens (tertiary/aromatic N) is 1. The summed E-state index contributed by atoms with van der Waals surface area (Å²) in [6.45, 7) is 0. The molecule has 0 aliphatic heterocycles. The van der Waals surface area contributed by atoms with Gasteiger partial charge in [-0.3, -0.25) is 0 Å². The molecule has 2 aliphatic carbocycles. The van der Waals surface area contributed by atoms with Gasteiger partial charge < -0.3 is 4.90 Å². The van der Waals surface area contributed by atoms with Crippen molar-refractivity contribution in [3.05, 3.63) is 330 Å². The van der Waals surface area contributed by atoms with Gasteiger partial charge in [0, 0.05) is 17.1 Å². The molecule has 324 valence electrons. The van der Waals surface area contributed by atoms with Crippen LogP contribution in [0.5, 0.6) is 0 Å². The zero-order chi connectivity index (χ0) is 45.8. The second kappa shape index (κ2) is 16.5. The molecule has 0 atom stereocenters. The van der Waals surface area contributed by atoms with E-state index in [2.05, 4.69) is 290 Å². The molecule has 13 rings (SSSR count). The maximum absolute atomic E-state index is 2.45. The second-order valence-corrected chi connectivity index (χ2v) is 18.3. The Morgan fingerprint density at radius 3 is 1.03 bits per heavy atom. The molecule has 0 unspecified atom stereocenters. The average Bonchev–Trinajstić information content (AvgIpc) is 3.90. The lowest BCUT2D eigenvalue weighted by Crippen LogP contribution is -2.28. The molecule has 11 aromatic carbocycles. The van der Waals surface area contributed by atoms with Crippen molar-refractivity contribution in [2.75, 3.05) is 4.90 Å². The maximum atomic E-state index is 2.45. The molecule has 0 bridgehead atoms. The summed E-state index contributed by atoms with van der Waals surface area (Å²) in [6.07, 6.45) is 0. The SMILES string of the molecule is c1ccc(-c2ccc(N(c3ccc(-c4ccc5c(c4)C(c4ccccc4)(c4ccccc4)c4ccccc4-5)cc3)c3ccc4c(c3)-c3ccccc3C4(c3ccccc3)c3ccccc3)cc2)cc1. The smallest absolute Gasteiger partial charge is 0.0713 e. The first kappa shape index (κ1) is 40.5. The van der Waals surface area contributed by atoms with Gasteiger partial charge in [0.15, 0.2) is 0 Å². The predicted molar refractivity (Wildman–Crippen MR) is 287 cm³/mol. The summed E-state index contributed by atoms with van der Waals surface area (Å²) in [6, 6.07) is 105. The highest BCUT2D eigenvalue weighted by Crippen LogP contribution is 2.58. The Morgan fingerprint density at radius 2 is 0.536 bits per heavy atom. The molecule has 0 N–H and O–H groups in total. The zero-order valence-electron chi connectivity index (χ0n) is 38.1. The molecule has 0 saturated carbocycles. The van der Waals surface area contributed by atoms with Gasteiger partial charge >= 0.3 is 0 Å². The number of benzene rings is 11. The highest BCUT2D eigenvalue weighted by Gasteiger charge is 2.47. The molecular weight excluding hydrogens is 831 g/mol. The van der Waals surface area contributed by atoms with Crippen molar-refractivity contribution in [3.63, 3.8) is 0 Å². The van der Waals surface area contributed by atoms with Gasteiger partial charge in [-0.25, -0.2) is 0 Å². The summed E-state index contributed by atoms with van der Waals surface area (Å²) in [4.78, 5) is 2.42. The van der Waals surface area contributed by atoms with Crippen LogP contribution in [0.1, 0.15) is 44.5 Å². The van der Waals surface area contributed by atoms with Crippen LogP contribution in [0.4, 0.5) is 17.1 Å². The quantitative estimate of drug-likeness (QED) is 0.140. The fraction of sp³-hybridized carbons (Fsp3) is 0.0294. The van der Waals surface area contributed by atoms with Crippen LogP contribution in [-0.4, -0.2) is 0 Å². The summed E-state index contributed by atoms with van der Waals surface area (Å²) < 4.78 is 0. The molecule has 0 spiro atoms. The van der Waals surface area contributed by atoms with Crippen LogP contribution < -0.4 is 4.90 Å². The van der Waals surface area contributed by atoms with Crippen molar-refractivity contribution in [3.8, 4) is 44.5 Å². The third kappa shape index (κ3) is 6.32. The monoisotopic (exact) mass is 877 g/mol. The van der Waals surface area contributed by atoms with Crippen molar-refractivity contribution in [1.29, 1.82) is 0 Å². The maximum Gasteiger partial charge on any atom is 0.0713 e. The van der Waals surface area contributed by atoms with Crippen LogP contribution in [0.3, 0.4) is 0 Å². The molecule has 0 heterocycles. The lowest BCUT2D eigenvalue weighted by atomic mass is 9.67. The predicted octanol–water partition coefficient (Wildman–Crippen LogP) is 17.2. The van der Waals surface area contributed by atoms with Gasteiger partial charge in [0.2, 0.25) is 0 Å². The van der Waals surface area contributed by atoms with Crippen molar-refractivity contribution in [2.45, 2.75) is 10.8 Å². The molecule has 0 radical (unpaired) electrons. The van der Waals surface area contributed by atoms with E-state index in [1.807, 2.05) is 0 Å². The van der Waals surface area contributed by atoms with E-state index in [9.17, 15) is 0 Å². The van der Waals surface area contributed by atoms with Crippen LogP contribution in [0.2, 0.25) is 0 Å². The van der Waals surface area contributed by atoms with E-state index in [1.165, 1.54) is 89.0 Å². The molecule has 0 amide bonds. The molecule has 1 nitrogen and oxygen atoms in total. The first-order chi connectivity index (χ1) is 34.2. The molecule has 1 heteroatoms. The Balaban J connectivity index is 0.960. The Bertz CT molecular complexity index is 3540. The Morgan fingerprint density at radius 1 is 0.203 bits per heavy atom. The number of hydrogen-bond acceptors (Lipinski definition) is 1. The zero-order valence-corrected chi connectivity index (χ0v) is 38.1. The summed E-state index contributed by atoms with van der Waals surface area (Å²) in [7, 11) is 0. The van der Waals surface area contributed by atoms with E-state index in [-0.39, 0.29) is 0 Å². The average molecular weight is 878 g/mol. The van der Waals surface area contributed by atoms with Gasteiger partial charge in [0.05, 0.1) is 10.8 Å². The van der Waals surface area contributed by atoms with Crippen LogP contribution in [0.15, 0.2) is 285 Å². The summed E-state index contributed by atoms with van der Waals surface area (Å²) in [5.74, 6) is 0. The van der Waals surface area contributed by atoms with Crippen LogP contribution in [0, 0.1) is 0 Å². The Kier molecular flexibility index (Phi) is 9.70. The van der Waals surface area contributed by atoms with E-state index in [0.717, 1.165) is 17.1 Å². The standard InChI is InChI=1S/C68H47N/c1-6-20-48(21-7-1)49-34-39-56(40-35-49)69(58-43-45-65-62(47-58)60-31-17-19-33-64(60)67(65,52-22-8-2-9-23-52)53-24-10-3-11-25-53)57-41-36-50(37-42-57)51-38-44-61-59-30-16-18-32-63(59)68(66(61)46-51,54-26-12-4-13-27-54)55-28-14-5-15-29-55/h1-47H. The highest BCUT2D eigenvalue weighted by molar-refractivity contribution is 5.92. The largest absolute Gasteiger partial charge is 0.310 e. The van der Waals surface area contributed by atoms with Crippen LogP contribution in [0.25, 0.3) is 44.5 Å². The highest BCUT2D eigenvalue weighted by atomic mass is 15.1. The first-order valence-corrected chi connectivity index (χ1v) is 24.0. The number of anilines is 3. The minimum atomic E-state index is -0.466. The summed E-state index contributed by atoms with van der Waals surface area (Å²) in [5, 5.41) is 0. The van der Waals surface area contributed by atoms with E-state index >= 15 is 0 Å². The van der Waals surface area contributed by atoms with Crippen molar-refractivity contribution in [1.82, 2.24) is 0 Å². The van der Waals surface area contributed by atoms with Gasteiger partial charge in [-0.15, -0.1) is 0 Å². The van der Waals surface area contributed by atoms with Crippen LogP contribution in [-0.2, 0) is 10.8 Å². The molecule has 69 heavy (non-hydrogen) atoms. The Labute approximate surface area is 404 Å². The van der Waals surface area contributed by atoms with Gasteiger partial charge in [-0.05, 0) is 131 Å². The van der Waals surface area contributed by atoms with Crippen molar-refractivity contribution >= 4 is 17.1 Å². The Hall–Kier alpha value is -8.78. The van der Waals surface area contributed by atoms with Crippen molar-refractivity contribution < 1.29 is 0 Å². The van der Waals surface area contributed by atoms with E-state index in [0.29, 0.717) is 0 Å². The molecular formula is C68H47N. The number of hydrogen-bond donors (Lipinski definition) is 0. The molecule has 0 aromatic heterocycles. The fourth-order valence-electron chi connectivity index (χ4n) is 11.9. The molecule has 2 aliphatic rings. The van der Waals surface area contributed by atoms with E-state index in [4.69, 9.17) is 0 Å². The van der Waals surface area contributed by atoms with Gasteiger partial charge in [-0.2, -0.15) is 0 Å². The van der Waals surface area contributed by atoms with Crippen molar-refractivity contribution in [2.24, 2.45) is 0 Å². The number of rotatable bonds is 9. The second-order valence-electron chi connectivity index (χ2n) is 18.3.